The van der Waals surface area contributed by atoms with E-state index >= 15 is 0 Å². The second kappa shape index (κ2) is 8.64. The summed E-state index contributed by atoms with van der Waals surface area (Å²) in [5.74, 6) is 0. The van der Waals surface area contributed by atoms with Gasteiger partial charge in [-0.1, -0.05) is 91.0 Å². The van der Waals surface area contributed by atoms with Crippen molar-refractivity contribution in [2.45, 2.75) is 5.60 Å². The molecule has 0 saturated carbocycles. The van der Waals surface area contributed by atoms with Crippen molar-refractivity contribution in [3.63, 3.8) is 0 Å². The summed E-state index contributed by atoms with van der Waals surface area (Å²) in [6.07, 6.45) is 0.722. The van der Waals surface area contributed by atoms with E-state index in [0.29, 0.717) is 16.2 Å². The van der Waals surface area contributed by atoms with Crippen LogP contribution in [0.4, 0.5) is 0 Å². The Hall–Kier alpha value is -2.24. The molecule has 0 saturated heterocycles. The van der Waals surface area contributed by atoms with Crippen LogP contribution in [0.5, 0.6) is 0 Å². The molecule has 0 aromatic heterocycles. The topological polar surface area (TPSA) is 80.7 Å². The highest BCUT2D eigenvalue weighted by Gasteiger charge is 2.41. The molecule has 0 aliphatic rings. The van der Waals surface area contributed by atoms with Crippen LogP contribution in [0.3, 0.4) is 0 Å². The number of hydrogen-bond donors (Lipinski definition) is 1. The lowest BCUT2D eigenvalue weighted by atomic mass is 9.97. The Morgan fingerprint density at radius 2 is 1.24 bits per heavy atom. The molecule has 1 atom stereocenters. The Morgan fingerprint density at radius 3 is 1.66 bits per heavy atom. The van der Waals surface area contributed by atoms with E-state index in [9.17, 15) is 18.1 Å². The van der Waals surface area contributed by atoms with Gasteiger partial charge in [0.05, 0.1) is 12.9 Å². The predicted molar refractivity (Wildman–Crippen MR) is 116 cm³/mol. The van der Waals surface area contributed by atoms with E-state index in [-0.39, 0.29) is 6.16 Å². The molecule has 3 aromatic carbocycles. The minimum atomic E-state index is -3.80. The number of benzene rings is 3. The van der Waals surface area contributed by atoms with Crippen LogP contribution < -0.4 is 10.6 Å². The Bertz CT molecular complexity index is 1040. The standard InChI is InChI=1S/C22H23O5PS/c1-29(25,26)27-17-22(23,19-11-5-2-6-12-19)18-28(24,20-13-7-3-8-14-20)21-15-9-4-10-16-21/h2-16,23H,17-18H2,1H3/t22-/m1/s1. The third-order valence-electron chi connectivity index (χ3n) is 4.65. The van der Waals surface area contributed by atoms with Crippen molar-refractivity contribution in [3.05, 3.63) is 96.6 Å². The molecule has 0 amide bonds. The monoisotopic (exact) mass is 430 g/mol. The van der Waals surface area contributed by atoms with E-state index in [1.165, 1.54) is 0 Å². The molecule has 3 rings (SSSR count). The first kappa shape index (κ1) is 21.5. The summed E-state index contributed by atoms with van der Waals surface area (Å²) in [6, 6.07) is 26.5. The molecule has 0 aliphatic heterocycles. The largest absolute Gasteiger partial charge is 0.382 e. The van der Waals surface area contributed by atoms with Gasteiger partial charge < -0.3 is 9.67 Å². The lowest BCUT2D eigenvalue weighted by Gasteiger charge is -2.32. The van der Waals surface area contributed by atoms with Gasteiger partial charge in [0.2, 0.25) is 0 Å². The molecule has 0 unspecified atom stereocenters. The molecule has 1 N–H and O–H groups in total. The van der Waals surface area contributed by atoms with Crippen molar-refractivity contribution in [2.24, 2.45) is 0 Å². The molecule has 0 aliphatic carbocycles. The summed E-state index contributed by atoms with van der Waals surface area (Å²) in [7, 11) is -7.12. The van der Waals surface area contributed by atoms with E-state index in [0.717, 1.165) is 6.26 Å². The first-order chi connectivity index (χ1) is 13.7. The molecule has 0 fully saturated rings. The summed E-state index contributed by atoms with van der Waals surface area (Å²) in [4.78, 5) is 0. The number of hydrogen-bond acceptors (Lipinski definition) is 5. The Labute approximate surface area is 171 Å². The van der Waals surface area contributed by atoms with Crippen LogP contribution in [-0.4, -0.2) is 32.5 Å². The zero-order valence-electron chi connectivity index (χ0n) is 16.0. The van der Waals surface area contributed by atoms with Crippen LogP contribution in [0, 0.1) is 0 Å². The maximum atomic E-state index is 14.4. The van der Waals surface area contributed by atoms with Crippen LogP contribution >= 0.6 is 7.14 Å². The Kier molecular flexibility index (Phi) is 6.39. The van der Waals surface area contributed by atoms with E-state index in [2.05, 4.69) is 0 Å². The fraction of sp³-hybridized carbons (Fsp3) is 0.182. The van der Waals surface area contributed by atoms with Gasteiger partial charge in [0, 0.05) is 16.8 Å². The quantitative estimate of drug-likeness (QED) is 0.439. The van der Waals surface area contributed by atoms with Gasteiger partial charge in [0.25, 0.3) is 10.1 Å². The molecule has 29 heavy (non-hydrogen) atoms. The molecule has 5 nitrogen and oxygen atoms in total. The van der Waals surface area contributed by atoms with Crippen molar-refractivity contribution >= 4 is 27.9 Å². The second-order valence-corrected chi connectivity index (χ2v) is 11.4. The fourth-order valence-electron chi connectivity index (χ4n) is 3.21. The van der Waals surface area contributed by atoms with E-state index in [1.54, 1.807) is 78.9 Å². The highest BCUT2D eigenvalue weighted by Crippen LogP contribution is 2.48. The average molecular weight is 430 g/mol. The zero-order chi connectivity index (χ0) is 21.0. The minimum Gasteiger partial charge on any atom is -0.382 e. The lowest BCUT2D eigenvalue weighted by molar-refractivity contribution is 0.0131. The Balaban J connectivity index is 2.12. The van der Waals surface area contributed by atoms with Crippen LogP contribution in [0.15, 0.2) is 91.0 Å². The smallest absolute Gasteiger partial charge is 0.264 e. The summed E-state index contributed by atoms with van der Waals surface area (Å²) in [5.41, 5.74) is -1.33. The molecular formula is C22H23O5PS. The summed E-state index contributed by atoms with van der Waals surface area (Å²) in [6.45, 7) is -0.528. The molecule has 0 radical (unpaired) electrons. The SMILES string of the molecule is CS(=O)(=O)OC[C@@](O)(CP(=O)(c1ccccc1)c1ccccc1)c1ccccc1. The Morgan fingerprint density at radius 1 is 0.828 bits per heavy atom. The van der Waals surface area contributed by atoms with Gasteiger partial charge >= 0.3 is 0 Å². The van der Waals surface area contributed by atoms with E-state index < -0.39 is 29.5 Å². The van der Waals surface area contributed by atoms with Crippen molar-refractivity contribution in [1.29, 1.82) is 0 Å². The average Bonchev–Trinajstić information content (AvgIpc) is 2.74. The normalized spacial score (nSPS) is 14.3. The molecule has 7 heteroatoms. The summed E-state index contributed by atoms with van der Waals surface area (Å²) >= 11 is 0. The van der Waals surface area contributed by atoms with Crippen molar-refractivity contribution < 1.29 is 22.3 Å². The van der Waals surface area contributed by atoms with Crippen LogP contribution in [0.2, 0.25) is 0 Å². The van der Waals surface area contributed by atoms with Crippen molar-refractivity contribution in [2.75, 3.05) is 19.0 Å². The maximum Gasteiger partial charge on any atom is 0.264 e. The highest BCUT2D eigenvalue weighted by molar-refractivity contribution is 7.86. The minimum absolute atomic E-state index is 0.201. The second-order valence-electron chi connectivity index (χ2n) is 6.93. The molecule has 0 heterocycles. The highest BCUT2D eigenvalue weighted by atomic mass is 32.2. The third-order valence-corrected chi connectivity index (χ3v) is 8.43. The molecule has 152 valence electrons. The van der Waals surface area contributed by atoms with Crippen LogP contribution in [0.25, 0.3) is 0 Å². The van der Waals surface area contributed by atoms with Gasteiger partial charge in [-0.15, -0.1) is 0 Å². The van der Waals surface area contributed by atoms with E-state index in [1.807, 2.05) is 12.1 Å². The third kappa shape index (κ3) is 5.22. The van der Waals surface area contributed by atoms with E-state index in [4.69, 9.17) is 4.18 Å². The van der Waals surface area contributed by atoms with Gasteiger partial charge in [0.15, 0.2) is 0 Å². The molecule has 3 aromatic rings. The summed E-state index contributed by atoms with van der Waals surface area (Å²) < 4.78 is 42.6. The van der Waals surface area contributed by atoms with Crippen LogP contribution in [0.1, 0.15) is 5.56 Å². The lowest BCUT2D eigenvalue weighted by Crippen LogP contribution is -2.39. The van der Waals surface area contributed by atoms with Crippen molar-refractivity contribution in [1.82, 2.24) is 0 Å². The number of aliphatic hydroxyl groups is 1. The molecule has 0 spiro atoms. The van der Waals surface area contributed by atoms with Crippen LogP contribution in [-0.2, 0) is 24.5 Å². The van der Waals surface area contributed by atoms with Crippen molar-refractivity contribution in [3.8, 4) is 0 Å². The van der Waals surface area contributed by atoms with Gasteiger partial charge in [0.1, 0.15) is 12.7 Å². The first-order valence-corrected chi connectivity index (χ1v) is 12.8. The first-order valence-electron chi connectivity index (χ1n) is 9.06. The van der Waals surface area contributed by atoms with Gasteiger partial charge in [-0.05, 0) is 5.56 Å². The maximum absolute atomic E-state index is 14.4. The zero-order valence-corrected chi connectivity index (χ0v) is 17.7. The predicted octanol–water partition coefficient (Wildman–Crippen LogP) is 2.86. The summed E-state index contributed by atoms with van der Waals surface area (Å²) in [5, 5.41) is 12.7. The van der Waals surface area contributed by atoms with Gasteiger partial charge in [-0.3, -0.25) is 4.18 Å². The molecular weight excluding hydrogens is 407 g/mol. The fourth-order valence-corrected chi connectivity index (χ4v) is 6.60. The molecule has 0 bridgehead atoms. The number of rotatable bonds is 8. The van der Waals surface area contributed by atoms with Gasteiger partial charge in [-0.2, -0.15) is 8.42 Å². The van der Waals surface area contributed by atoms with Gasteiger partial charge in [-0.25, -0.2) is 0 Å².